The summed E-state index contributed by atoms with van der Waals surface area (Å²) in [4.78, 5) is 16.1. The first kappa shape index (κ1) is 17.0. The number of aliphatic carboxylic acids is 1. The molecular weight excluding hydrogens is 314 g/mol. The Labute approximate surface area is 147 Å². The van der Waals surface area contributed by atoms with Crippen molar-refractivity contribution in [2.24, 2.45) is 11.8 Å². The summed E-state index contributed by atoms with van der Waals surface area (Å²) in [7, 11) is 0. The molecule has 1 heterocycles. The van der Waals surface area contributed by atoms with E-state index >= 15 is 0 Å². The molecule has 3 rings (SSSR count). The summed E-state index contributed by atoms with van der Waals surface area (Å²) in [6, 6.07) is 19.6. The first-order valence-corrected chi connectivity index (χ1v) is 8.39. The Balaban J connectivity index is 2.05. The van der Waals surface area contributed by atoms with Gasteiger partial charge in [0.2, 0.25) is 0 Å². The van der Waals surface area contributed by atoms with Crippen molar-refractivity contribution in [3.8, 4) is 22.6 Å². The van der Waals surface area contributed by atoms with Gasteiger partial charge in [0.15, 0.2) is 11.7 Å². The van der Waals surface area contributed by atoms with Gasteiger partial charge in [-0.25, -0.2) is 4.98 Å². The van der Waals surface area contributed by atoms with Crippen LogP contribution in [-0.2, 0) is 11.2 Å². The summed E-state index contributed by atoms with van der Waals surface area (Å²) in [5.41, 5.74) is 2.62. The second kappa shape index (κ2) is 7.34. The second-order valence-electron chi connectivity index (χ2n) is 6.41. The molecule has 4 heteroatoms. The fraction of sp³-hybridized carbons (Fsp3) is 0.238. The van der Waals surface area contributed by atoms with E-state index in [1.54, 1.807) is 0 Å². The van der Waals surface area contributed by atoms with Crippen molar-refractivity contribution in [1.82, 2.24) is 4.98 Å². The number of carboxylic acid groups (broad SMARTS) is 1. The monoisotopic (exact) mass is 335 g/mol. The quantitative estimate of drug-likeness (QED) is 0.695. The van der Waals surface area contributed by atoms with Gasteiger partial charge in [0.25, 0.3) is 0 Å². The Hall–Kier alpha value is -2.88. The maximum atomic E-state index is 11.5. The van der Waals surface area contributed by atoms with Gasteiger partial charge in [0, 0.05) is 17.5 Å². The first-order chi connectivity index (χ1) is 12.1. The highest BCUT2D eigenvalue weighted by Gasteiger charge is 2.26. The Kier molecular flexibility index (Phi) is 4.98. The topological polar surface area (TPSA) is 63.3 Å². The molecule has 0 saturated heterocycles. The van der Waals surface area contributed by atoms with Crippen molar-refractivity contribution in [3.05, 3.63) is 66.6 Å². The molecule has 3 aromatic rings. The van der Waals surface area contributed by atoms with Crippen molar-refractivity contribution >= 4 is 5.97 Å². The van der Waals surface area contributed by atoms with Gasteiger partial charge in [0.1, 0.15) is 5.69 Å². The summed E-state index contributed by atoms with van der Waals surface area (Å²) < 4.78 is 6.01. The van der Waals surface area contributed by atoms with E-state index in [4.69, 9.17) is 4.42 Å². The van der Waals surface area contributed by atoms with E-state index in [-0.39, 0.29) is 12.3 Å². The molecule has 0 radical (unpaired) electrons. The van der Waals surface area contributed by atoms with Gasteiger partial charge in [0.05, 0.1) is 5.92 Å². The molecule has 0 spiro atoms. The number of hydrogen-bond donors (Lipinski definition) is 1. The SMILES string of the molecule is CC(C)C(Cc1nc(-c2ccccc2)c(-c2ccccc2)o1)C(=O)O. The number of carboxylic acids is 1. The first-order valence-electron chi connectivity index (χ1n) is 8.39. The summed E-state index contributed by atoms with van der Waals surface area (Å²) in [6.45, 7) is 3.80. The predicted octanol–water partition coefficient (Wildman–Crippen LogP) is 4.91. The summed E-state index contributed by atoms with van der Waals surface area (Å²) >= 11 is 0. The second-order valence-corrected chi connectivity index (χ2v) is 6.41. The molecule has 128 valence electrons. The van der Waals surface area contributed by atoms with Crippen molar-refractivity contribution in [1.29, 1.82) is 0 Å². The third kappa shape index (κ3) is 3.79. The van der Waals surface area contributed by atoms with Crippen LogP contribution < -0.4 is 0 Å². The van der Waals surface area contributed by atoms with Crippen LogP contribution in [-0.4, -0.2) is 16.1 Å². The van der Waals surface area contributed by atoms with Crippen LogP contribution in [0.3, 0.4) is 0 Å². The molecule has 1 N–H and O–H groups in total. The molecule has 0 saturated carbocycles. The number of nitrogens with zero attached hydrogens (tertiary/aromatic N) is 1. The number of hydrogen-bond acceptors (Lipinski definition) is 3. The van der Waals surface area contributed by atoms with E-state index in [1.165, 1.54) is 0 Å². The van der Waals surface area contributed by atoms with Crippen LogP contribution in [0.1, 0.15) is 19.7 Å². The highest BCUT2D eigenvalue weighted by molar-refractivity contribution is 5.77. The van der Waals surface area contributed by atoms with Crippen molar-refractivity contribution in [2.75, 3.05) is 0 Å². The molecule has 1 atom stereocenters. The molecule has 2 aromatic carbocycles. The molecule has 1 aromatic heterocycles. The summed E-state index contributed by atoms with van der Waals surface area (Å²) in [6.07, 6.45) is 0.277. The van der Waals surface area contributed by atoms with Crippen molar-refractivity contribution in [3.63, 3.8) is 0 Å². The third-order valence-electron chi connectivity index (χ3n) is 4.27. The van der Waals surface area contributed by atoms with Crippen LogP contribution in [0.2, 0.25) is 0 Å². The average Bonchev–Trinajstić information content (AvgIpc) is 3.05. The van der Waals surface area contributed by atoms with Gasteiger partial charge < -0.3 is 9.52 Å². The van der Waals surface area contributed by atoms with Crippen LogP contribution >= 0.6 is 0 Å². The van der Waals surface area contributed by atoms with E-state index in [2.05, 4.69) is 4.98 Å². The minimum absolute atomic E-state index is 0.00440. The van der Waals surface area contributed by atoms with Crippen LogP contribution in [0, 0.1) is 11.8 Å². The predicted molar refractivity (Wildman–Crippen MR) is 97.0 cm³/mol. The number of aromatic nitrogens is 1. The number of rotatable bonds is 6. The Morgan fingerprint density at radius 3 is 2.08 bits per heavy atom. The lowest BCUT2D eigenvalue weighted by Gasteiger charge is -2.13. The van der Waals surface area contributed by atoms with Crippen LogP contribution in [0.25, 0.3) is 22.6 Å². The average molecular weight is 335 g/mol. The normalized spacial score (nSPS) is 12.3. The van der Waals surface area contributed by atoms with E-state index in [9.17, 15) is 9.90 Å². The van der Waals surface area contributed by atoms with Gasteiger partial charge in [-0.15, -0.1) is 0 Å². The van der Waals surface area contributed by atoms with Gasteiger partial charge in [-0.1, -0.05) is 74.5 Å². The smallest absolute Gasteiger partial charge is 0.307 e. The largest absolute Gasteiger partial charge is 0.481 e. The van der Waals surface area contributed by atoms with E-state index in [1.807, 2.05) is 74.5 Å². The fourth-order valence-corrected chi connectivity index (χ4v) is 2.82. The maximum absolute atomic E-state index is 11.5. The Bertz CT molecular complexity index is 781. The minimum Gasteiger partial charge on any atom is -0.481 e. The molecule has 0 aliphatic carbocycles. The lowest BCUT2D eigenvalue weighted by molar-refractivity contribution is -0.143. The highest BCUT2D eigenvalue weighted by atomic mass is 16.4. The molecule has 0 aliphatic rings. The molecule has 0 aliphatic heterocycles. The van der Waals surface area contributed by atoms with Crippen LogP contribution in [0.4, 0.5) is 0 Å². The standard InChI is InChI=1S/C21H21NO3/c1-14(2)17(21(23)24)13-18-22-19(15-9-5-3-6-10-15)20(25-18)16-11-7-4-8-12-16/h3-12,14,17H,13H2,1-2H3,(H,23,24). The molecule has 0 amide bonds. The zero-order chi connectivity index (χ0) is 17.8. The van der Waals surface area contributed by atoms with Crippen LogP contribution in [0.15, 0.2) is 65.1 Å². The van der Waals surface area contributed by atoms with Crippen molar-refractivity contribution in [2.45, 2.75) is 20.3 Å². The zero-order valence-corrected chi connectivity index (χ0v) is 14.3. The van der Waals surface area contributed by atoms with Crippen LogP contribution in [0.5, 0.6) is 0 Å². The molecule has 1 unspecified atom stereocenters. The fourth-order valence-electron chi connectivity index (χ4n) is 2.82. The van der Waals surface area contributed by atoms with Gasteiger partial charge >= 0.3 is 5.97 Å². The Morgan fingerprint density at radius 1 is 1.00 bits per heavy atom. The summed E-state index contributed by atoms with van der Waals surface area (Å²) in [5, 5.41) is 9.45. The number of carbonyl (C=O) groups is 1. The van der Waals surface area contributed by atoms with Crippen molar-refractivity contribution < 1.29 is 14.3 Å². The maximum Gasteiger partial charge on any atom is 0.307 e. The molecule has 4 nitrogen and oxygen atoms in total. The third-order valence-corrected chi connectivity index (χ3v) is 4.27. The molecular formula is C21H21NO3. The minimum atomic E-state index is -0.823. The summed E-state index contributed by atoms with van der Waals surface area (Å²) in [5.74, 6) is -0.208. The lowest BCUT2D eigenvalue weighted by Crippen LogP contribution is -2.22. The zero-order valence-electron chi connectivity index (χ0n) is 14.3. The molecule has 0 bridgehead atoms. The van der Waals surface area contributed by atoms with Gasteiger partial charge in [-0.3, -0.25) is 4.79 Å². The number of benzene rings is 2. The molecule has 25 heavy (non-hydrogen) atoms. The number of oxazole rings is 1. The highest BCUT2D eigenvalue weighted by Crippen LogP contribution is 2.33. The Morgan fingerprint density at radius 2 is 1.56 bits per heavy atom. The van der Waals surface area contributed by atoms with Gasteiger partial charge in [-0.2, -0.15) is 0 Å². The van der Waals surface area contributed by atoms with E-state index in [0.717, 1.165) is 16.8 Å². The van der Waals surface area contributed by atoms with Gasteiger partial charge in [-0.05, 0) is 5.92 Å². The molecule has 0 fully saturated rings. The lowest BCUT2D eigenvalue weighted by atomic mass is 9.93. The van der Waals surface area contributed by atoms with E-state index in [0.29, 0.717) is 11.7 Å². The van der Waals surface area contributed by atoms with E-state index < -0.39 is 11.9 Å².